The fourth-order valence-electron chi connectivity index (χ4n) is 3.15. The first-order valence-corrected chi connectivity index (χ1v) is 10.6. The van der Waals surface area contributed by atoms with Crippen molar-refractivity contribution in [3.8, 4) is 11.4 Å². The van der Waals surface area contributed by atoms with Crippen molar-refractivity contribution in [3.63, 3.8) is 0 Å². The van der Waals surface area contributed by atoms with E-state index in [1.165, 1.54) is 22.7 Å². The lowest BCUT2D eigenvalue weighted by molar-refractivity contribution is -0.118. The van der Waals surface area contributed by atoms with E-state index in [1.807, 2.05) is 60.3 Å². The fraction of sp³-hybridized carbons (Fsp3) is 0.190. The molecule has 0 bridgehead atoms. The Balaban J connectivity index is 1.29. The molecule has 2 heterocycles. The van der Waals surface area contributed by atoms with Crippen LogP contribution in [0.15, 0.2) is 59.9 Å². The van der Waals surface area contributed by atoms with Crippen molar-refractivity contribution in [3.05, 3.63) is 65.3 Å². The summed E-state index contributed by atoms with van der Waals surface area (Å²) in [7, 11) is 1.89. The largest absolute Gasteiger partial charge is 0.361 e. The van der Waals surface area contributed by atoms with Crippen LogP contribution >= 0.6 is 23.4 Å². The smallest absolute Gasteiger partial charge is 0.230 e. The molecule has 4 rings (SSSR count). The number of aromatic nitrogens is 4. The monoisotopic (exact) mass is 425 g/mol. The van der Waals surface area contributed by atoms with Crippen molar-refractivity contribution in [2.45, 2.75) is 11.6 Å². The maximum absolute atomic E-state index is 12.2. The van der Waals surface area contributed by atoms with Crippen molar-refractivity contribution in [1.29, 1.82) is 0 Å². The Hall–Kier alpha value is -2.77. The molecule has 2 aromatic heterocycles. The highest BCUT2D eigenvalue weighted by Crippen LogP contribution is 2.24. The molecule has 0 saturated heterocycles. The molecule has 0 aliphatic heterocycles. The zero-order chi connectivity index (χ0) is 20.2. The Labute approximate surface area is 177 Å². The summed E-state index contributed by atoms with van der Waals surface area (Å²) in [6.45, 7) is 0.593. The minimum Gasteiger partial charge on any atom is -0.361 e. The van der Waals surface area contributed by atoms with Gasteiger partial charge in [-0.15, -0.1) is 10.2 Å². The van der Waals surface area contributed by atoms with Gasteiger partial charge in [-0.1, -0.05) is 41.6 Å². The Morgan fingerprint density at radius 3 is 2.79 bits per heavy atom. The van der Waals surface area contributed by atoms with Gasteiger partial charge in [0.05, 0.1) is 5.75 Å². The summed E-state index contributed by atoms with van der Waals surface area (Å²) < 4.78 is 1.88. The normalized spacial score (nSPS) is 11.1. The SMILES string of the molecule is Cn1c(SCC(=O)NCCc2c[nH]c3ccccc23)nnc1-c1ccc(Cl)cc1. The number of nitrogens with one attached hydrogen (secondary N) is 2. The van der Waals surface area contributed by atoms with E-state index in [0.717, 1.165) is 23.3 Å². The second-order valence-electron chi connectivity index (χ2n) is 6.62. The molecule has 1 amide bonds. The van der Waals surface area contributed by atoms with Gasteiger partial charge in [-0.25, -0.2) is 0 Å². The number of halogens is 1. The molecule has 148 valence electrons. The number of aromatic amines is 1. The fourth-order valence-corrected chi connectivity index (χ4v) is 4.01. The highest BCUT2D eigenvalue weighted by Gasteiger charge is 2.13. The van der Waals surface area contributed by atoms with E-state index in [-0.39, 0.29) is 5.91 Å². The van der Waals surface area contributed by atoms with Crippen LogP contribution in [0.1, 0.15) is 5.56 Å². The molecule has 8 heteroatoms. The quantitative estimate of drug-likeness (QED) is 0.438. The number of H-pyrrole nitrogens is 1. The summed E-state index contributed by atoms with van der Waals surface area (Å²) in [6, 6.07) is 15.6. The summed E-state index contributed by atoms with van der Waals surface area (Å²) in [5, 5.41) is 14.0. The second-order valence-corrected chi connectivity index (χ2v) is 8.00. The second kappa shape index (κ2) is 8.71. The molecule has 0 saturated carbocycles. The molecular formula is C21H20ClN5OS. The van der Waals surface area contributed by atoms with Crippen LogP contribution in [0.4, 0.5) is 0 Å². The van der Waals surface area contributed by atoms with Crippen LogP contribution in [0.5, 0.6) is 0 Å². The number of hydrogen-bond acceptors (Lipinski definition) is 4. The minimum atomic E-state index is -0.0223. The maximum atomic E-state index is 12.2. The van der Waals surface area contributed by atoms with Crippen molar-refractivity contribution in [1.82, 2.24) is 25.1 Å². The molecule has 2 N–H and O–H groups in total. The van der Waals surface area contributed by atoms with Gasteiger partial charge in [0.15, 0.2) is 11.0 Å². The van der Waals surface area contributed by atoms with Gasteiger partial charge in [0.2, 0.25) is 5.91 Å². The van der Waals surface area contributed by atoms with E-state index in [0.29, 0.717) is 22.5 Å². The zero-order valence-corrected chi connectivity index (χ0v) is 17.4. The number of para-hydroxylation sites is 1. The Kier molecular flexibility index (Phi) is 5.87. The van der Waals surface area contributed by atoms with Gasteiger partial charge >= 0.3 is 0 Å². The van der Waals surface area contributed by atoms with E-state index in [9.17, 15) is 4.79 Å². The number of amides is 1. The summed E-state index contributed by atoms with van der Waals surface area (Å²) in [5.41, 5.74) is 3.25. The summed E-state index contributed by atoms with van der Waals surface area (Å²) in [5.74, 6) is 1.01. The number of benzene rings is 2. The third kappa shape index (κ3) is 4.46. The lowest BCUT2D eigenvalue weighted by Gasteiger charge is -2.06. The van der Waals surface area contributed by atoms with Gasteiger partial charge in [0.1, 0.15) is 0 Å². The molecule has 0 spiro atoms. The topological polar surface area (TPSA) is 75.6 Å². The van der Waals surface area contributed by atoms with Crippen LogP contribution in [0.3, 0.4) is 0 Å². The molecular weight excluding hydrogens is 406 g/mol. The average Bonchev–Trinajstić information content (AvgIpc) is 3.31. The third-order valence-electron chi connectivity index (χ3n) is 4.66. The molecule has 0 aliphatic rings. The highest BCUT2D eigenvalue weighted by atomic mass is 35.5. The standard InChI is InChI=1S/C21H20ClN5OS/c1-27-20(14-6-8-16(22)9-7-14)25-26-21(27)29-13-19(28)23-11-10-15-12-24-18-5-3-2-4-17(15)18/h2-9,12,24H,10-11,13H2,1H3,(H,23,28). The number of carbonyl (C=O) groups excluding carboxylic acids is 1. The van der Waals surface area contributed by atoms with Gasteiger partial charge in [-0.3, -0.25) is 4.79 Å². The molecule has 6 nitrogen and oxygen atoms in total. The lowest BCUT2D eigenvalue weighted by Crippen LogP contribution is -2.27. The number of fused-ring (bicyclic) bond motifs is 1. The molecule has 0 fully saturated rings. The molecule has 0 atom stereocenters. The van der Waals surface area contributed by atoms with E-state index in [2.05, 4.69) is 26.6 Å². The van der Waals surface area contributed by atoms with Gasteiger partial charge in [-0.2, -0.15) is 0 Å². The summed E-state index contributed by atoms with van der Waals surface area (Å²) in [6.07, 6.45) is 2.79. The predicted molar refractivity (Wildman–Crippen MR) is 117 cm³/mol. The van der Waals surface area contributed by atoms with E-state index < -0.39 is 0 Å². The number of rotatable bonds is 7. The van der Waals surface area contributed by atoms with Gasteiger partial charge in [0, 0.05) is 41.3 Å². The van der Waals surface area contributed by atoms with E-state index in [1.54, 1.807) is 0 Å². The van der Waals surface area contributed by atoms with Crippen LogP contribution in [0.25, 0.3) is 22.3 Å². The van der Waals surface area contributed by atoms with Crippen LogP contribution in [-0.4, -0.2) is 38.0 Å². The first-order valence-electron chi connectivity index (χ1n) is 9.21. The van der Waals surface area contributed by atoms with Gasteiger partial charge in [-0.05, 0) is 42.3 Å². The zero-order valence-electron chi connectivity index (χ0n) is 15.9. The van der Waals surface area contributed by atoms with Crippen molar-refractivity contribution in [2.75, 3.05) is 12.3 Å². The Bertz CT molecular complexity index is 1140. The van der Waals surface area contributed by atoms with Crippen molar-refractivity contribution < 1.29 is 4.79 Å². The molecule has 4 aromatic rings. The van der Waals surface area contributed by atoms with Crippen molar-refractivity contribution in [2.24, 2.45) is 7.05 Å². The Morgan fingerprint density at radius 1 is 1.17 bits per heavy atom. The van der Waals surface area contributed by atoms with Gasteiger partial charge < -0.3 is 14.9 Å². The maximum Gasteiger partial charge on any atom is 0.230 e. The van der Waals surface area contributed by atoms with Gasteiger partial charge in [0.25, 0.3) is 0 Å². The van der Waals surface area contributed by atoms with E-state index in [4.69, 9.17) is 11.6 Å². The molecule has 0 aliphatic carbocycles. The van der Waals surface area contributed by atoms with Crippen molar-refractivity contribution >= 4 is 40.2 Å². The highest BCUT2D eigenvalue weighted by molar-refractivity contribution is 7.99. The third-order valence-corrected chi connectivity index (χ3v) is 5.93. The molecule has 0 unspecified atom stereocenters. The number of carbonyl (C=O) groups is 1. The number of nitrogens with zero attached hydrogens (tertiary/aromatic N) is 3. The molecule has 0 radical (unpaired) electrons. The first kappa shape index (κ1) is 19.5. The van der Waals surface area contributed by atoms with E-state index >= 15 is 0 Å². The lowest BCUT2D eigenvalue weighted by atomic mass is 10.1. The van der Waals surface area contributed by atoms with Crippen LogP contribution in [0.2, 0.25) is 5.02 Å². The van der Waals surface area contributed by atoms with Crippen LogP contribution in [0, 0.1) is 0 Å². The summed E-state index contributed by atoms with van der Waals surface area (Å²) >= 11 is 7.31. The molecule has 2 aromatic carbocycles. The van der Waals surface area contributed by atoms with Crippen LogP contribution in [-0.2, 0) is 18.3 Å². The van der Waals surface area contributed by atoms with Crippen LogP contribution < -0.4 is 5.32 Å². The predicted octanol–water partition coefficient (Wildman–Crippen LogP) is 4.07. The Morgan fingerprint density at radius 2 is 1.97 bits per heavy atom. The number of thioether (sulfide) groups is 1. The average molecular weight is 426 g/mol. The first-order chi connectivity index (χ1) is 14.1. The number of hydrogen-bond donors (Lipinski definition) is 2. The summed E-state index contributed by atoms with van der Waals surface area (Å²) in [4.78, 5) is 15.5. The minimum absolute atomic E-state index is 0.0223. The molecule has 29 heavy (non-hydrogen) atoms.